The summed E-state index contributed by atoms with van der Waals surface area (Å²) >= 11 is 0. The van der Waals surface area contributed by atoms with Crippen LogP contribution in [0.1, 0.15) is 5.56 Å². The number of rotatable bonds is 5. The van der Waals surface area contributed by atoms with Crippen LogP contribution in [0.25, 0.3) is 12.3 Å². The Kier molecular flexibility index (Phi) is 11.9. The Hall–Kier alpha value is -2.51. The van der Waals surface area contributed by atoms with Crippen LogP contribution in [0.5, 0.6) is 0 Å². The molecule has 1 aromatic carbocycles. The highest BCUT2D eigenvalue weighted by atomic mass is 32.2. The summed E-state index contributed by atoms with van der Waals surface area (Å²) < 4.78 is 106. The van der Waals surface area contributed by atoms with Gasteiger partial charge in [-0.2, -0.15) is 26.3 Å². The number of halogens is 6. The van der Waals surface area contributed by atoms with Gasteiger partial charge in [0.15, 0.2) is 0 Å². The maximum absolute atomic E-state index is 10.8. The monoisotopic (exact) mass is 543 g/mol. The number of imidazole rings is 1. The number of primary sulfonamides is 2. The van der Waals surface area contributed by atoms with Crippen LogP contribution < -0.4 is 14.8 Å². The van der Waals surface area contributed by atoms with Crippen molar-refractivity contribution in [2.24, 2.45) is 10.3 Å². The van der Waals surface area contributed by atoms with Crippen LogP contribution in [-0.4, -0.2) is 55.3 Å². The smallest absolute Gasteiger partial charge is 0.394 e. The fraction of sp³-hybridized carbons (Fsp3) is 0.312. The minimum absolute atomic E-state index is 0.224. The van der Waals surface area contributed by atoms with E-state index in [9.17, 15) is 48.3 Å². The molecular weight excluding hydrogens is 522 g/mol. The maximum Gasteiger partial charge on any atom is 0.511 e. The van der Waals surface area contributed by atoms with Gasteiger partial charge in [0.2, 0.25) is 6.33 Å². The molecule has 34 heavy (non-hydrogen) atoms. The molecule has 0 spiro atoms. The summed E-state index contributed by atoms with van der Waals surface area (Å²) in [6, 6.07) is 10.0. The summed E-state index contributed by atoms with van der Waals surface area (Å²) in [6.45, 7) is 0.167. The minimum atomic E-state index is -5.34. The predicted molar refractivity (Wildman–Crippen MR) is 108 cm³/mol. The first-order valence-corrected chi connectivity index (χ1v) is 11.6. The number of aliphatic hydroxyl groups is 2. The first kappa shape index (κ1) is 31.5. The quantitative estimate of drug-likeness (QED) is 0.313. The van der Waals surface area contributed by atoms with Gasteiger partial charge < -0.3 is 10.2 Å². The third-order valence-corrected chi connectivity index (χ3v) is 4.52. The van der Waals surface area contributed by atoms with Crippen molar-refractivity contribution in [3.63, 3.8) is 0 Å². The minimum Gasteiger partial charge on any atom is -0.394 e. The molecule has 1 heterocycles. The van der Waals surface area contributed by atoms with Crippen LogP contribution in [0.4, 0.5) is 26.3 Å². The summed E-state index contributed by atoms with van der Waals surface area (Å²) in [5.74, 6) is 0. The fourth-order valence-corrected chi connectivity index (χ4v) is 1.64. The SMILES string of the molecule is NS(=O)(=O)C(F)(F)F.NS(=O)(=O)C(F)(F)F.OCC(O)C[n+]1ccn(/C=C/c2ccccc2)c1. The second-order valence-corrected chi connectivity index (χ2v) is 9.21. The van der Waals surface area contributed by atoms with Crippen LogP contribution in [-0.2, 0) is 26.6 Å². The maximum atomic E-state index is 10.8. The van der Waals surface area contributed by atoms with Gasteiger partial charge in [-0.1, -0.05) is 30.3 Å². The van der Waals surface area contributed by atoms with Gasteiger partial charge in [0, 0.05) is 0 Å². The molecule has 0 bridgehead atoms. The topological polar surface area (TPSA) is 170 Å². The first-order chi connectivity index (χ1) is 15.3. The number of nitrogens with two attached hydrogens (primary N) is 2. The molecule has 2 aromatic rings. The highest BCUT2D eigenvalue weighted by Gasteiger charge is 2.43. The Morgan fingerprint density at radius 2 is 1.41 bits per heavy atom. The van der Waals surface area contributed by atoms with Crippen LogP contribution in [0, 0.1) is 0 Å². The average Bonchev–Trinajstić information content (AvgIpc) is 3.12. The van der Waals surface area contributed by atoms with Gasteiger partial charge in [-0.3, -0.25) is 0 Å². The van der Waals surface area contributed by atoms with Gasteiger partial charge >= 0.3 is 31.1 Å². The number of sulfonamides is 2. The molecule has 194 valence electrons. The van der Waals surface area contributed by atoms with Crippen molar-refractivity contribution >= 4 is 32.3 Å². The molecule has 0 aliphatic carbocycles. The average molecular weight is 543 g/mol. The van der Waals surface area contributed by atoms with Gasteiger partial charge in [0.1, 0.15) is 25.0 Å². The van der Waals surface area contributed by atoms with Gasteiger partial charge in [0.05, 0.1) is 12.8 Å². The number of alkyl halides is 6. The van der Waals surface area contributed by atoms with Crippen molar-refractivity contribution < 1.29 is 58.0 Å². The third kappa shape index (κ3) is 12.7. The number of aromatic nitrogens is 2. The van der Waals surface area contributed by atoms with E-state index in [1.807, 2.05) is 70.5 Å². The predicted octanol–water partition coefficient (Wildman–Crippen LogP) is 0.346. The van der Waals surface area contributed by atoms with Crippen molar-refractivity contribution in [3.8, 4) is 0 Å². The van der Waals surface area contributed by atoms with E-state index in [4.69, 9.17) is 5.11 Å². The van der Waals surface area contributed by atoms with E-state index in [0.29, 0.717) is 6.54 Å². The van der Waals surface area contributed by atoms with Gasteiger partial charge in [-0.25, -0.2) is 36.2 Å². The molecule has 0 aliphatic heterocycles. The van der Waals surface area contributed by atoms with Crippen LogP contribution in [0.3, 0.4) is 0 Å². The highest BCUT2D eigenvalue weighted by molar-refractivity contribution is 7.90. The summed E-state index contributed by atoms with van der Waals surface area (Å²) in [7, 11) is -10.7. The van der Waals surface area contributed by atoms with Gasteiger partial charge in [-0.15, -0.1) is 0 Å². The molecule has 18 heteroatoms. The molecule has 0 fully saturated rings. The largest absolute Gasteiger partial charge is 0.511 e. The van der Waals surface area contributed by atoms with Crippen molar-refractivity contribution in [3.05, 3.63) is 54.6 Å². The molecule has 6 N–H and O–H groups in total. The van der Waals surface area contributed by atoms with Crippen LogP contribution in [0.2, 0.25) is 0 Å². The highest BCUT2D eigenvalue weighted by Crippen LogP contribution is 2.19. The lowest BCUT2D eigenvalue weighted by molar-refractivity contribution is -0.703. The number of hydrogen-bond acceptors (Lipinski definition) is 6. The molecule has 0 saturated heterocycles. The van der Waals surface area contributed by atoms with Crippen molar-refractivity contribution in [1.29, 1.82) is 0 Å². The Balaban J connectivity index is 0.000000570. The van der Waals surface area contributed by atoms with E-state index in [1.165, 1.54) is 0 Å². The Bertz CT molecular complexity index is 1070. The van der Waals surface area contributed by atoms with Crippen LogP contribution in [0.15, 0.2) is 49.1 Å². The zero-order chi connectivity index (χ0) is 26.8. The molecule has 10 nitrogen and oxygen atoms in total. The van der Waals surface area contributed by atoms with Crippen LogP contribution >= 0.6 is 0 Å². The van der Waals surface area contributed by atoms with Gasteiger partial charge in [0.25, 0.3) is 0 Å². The van der Waals surface area contributed by atoms with E-state index >= 15 is 0 Å². The summed E-state index contributed by atoms with van der Waals surface area (Å²) in [6.07, 6.45) is 8.84. The fourth-order valence-electron chi connectivity index (χ4n) is 1.64. The number of nitrogens with zero attached hydrogens (tertiary/aromatic N) is 2. The van der Waals surface area contributed by atoms with E-state index in [2.05, 4.69) is 10.3 Å². The molecule has 1 atom stereocenters. The summed E-state index contributed by atoms with van der Waals surface area (Å²) in [5.41, 5.74) is -9.49. The Labute approximate surface area is 190 Å². The molecule has 1 aromatic heterocycles. The lowest BCUT2D eigenvalue weighted by atomic mass is 10.2. The second-order valence-electron chi connectivity index (χ2n) is 6.10. The van der Waals surface area contributed by atoms with Crippen molar-refractivity contribution in [2.45, 2.75) is 23.7 Å². The second kappa shape index (κ2) is 12.8. The Morgan fingerprint density at radius 1 is 0.971 bits per heavy atom. The standard InChI is InChI=1S/C14H17N2O2.2CH2F3NO2S/c17-11-14(18)10-16-9-8-15(12-16)7-6-13-4-2-1-3-5-13;2*2-1(3,4)8(5,6)7/h1-9,12,14,17-18H,10-11H2;2*(H2,5,6,7)/q+1;;/b7-6+;;. The lowest BCUT2D eigenvalue weighted by Gasteiger charge is -2.01. The summed E-state index contributed by atoms with van der Waals surface area (Å²) in [5, 5.41) is 25.4. The van der Waals surface area contributed by atoms with E-state index in [-0.39, 0.29) is 6.61 Å². The lowest BCUT2D eigenvalue weighted by Crippen LogP contribution is -2.39. The number of aliphatic hydroxyl groups excluding tert-OH is 2. The van der Waals surface area contributed by atoms with Crippen molar-refractivity contribution in [2.75, 3.05) is 6.61 Å². The molecular formula is C16H21F6N4O6S2+. The van der Waals surface area contributed by atoms with Gasteiger partial charge in [-0.05, 0) is 11.6 Å². The zero-order valence-electron chi connectivity index (χ0n) is 16.9. The first-order valence-electron chi connectivity index (χ1n) is 8.54. The molecule has 0 radical (unpaired) electrons. The van der Waals surface area contributed by atoms with E-state index < -0.39 is 37.2 Å². The van der Waals surface area contributed by atoms with E-state index in [0.717, 1.165) is 5.56 Å². The number of benzene rings is 1. The summed E-state index contributed by atoms with van der Waals surface area (Å²) in [4.78, 5) is 0. The molecule has 2 rings (SSSR count). The third-order valence-electron chi connectivity index (χ3n) is 3.23. The normalized spacial score (nSPS) is 13.5. The Morgan fingerprint density at radius 3 is 1.79 bits per heavy atom. The number of hydrogen-bond donors (Lipinski definition) is 4. The van der Waals surface area contributed by atoms with Crippen molar-refractivity contribution in [1.82, 2.24) is 4.57 Å². The zero-order valence-corrected chi connectivity index (χ0v) is 18.6. The molecule has 0 amide bonds. The molecule has 1 unspecified atom stereocenters. The van der Waals surface area contributed by atoms with E-state index in [1.54, 1.807) is 0 Å². The molecule has 0 aliphatic rings. The molecule has 0 saturated carbocycles.